The van der Waals surface area contributed by atoms with Gasteiger partial charge in [-0.05, 0) is 24.3 Å². The van der Waals surface area contributed by atoms with E-state index in [4.69, 9.17) is 4.42 Å². The number of hydrogen-bond acceptors (Lipinski definition) is 7. The zero-order chi connectivity index (χ0) is 19.5. The van der Waals surface area contributed by atoms with Crippen molar-refractivity contribution in [2.45, 2.75) is 6.42 Å². The summed E-state index contributed by atoms with van der Waals surface area (Å²) in [7, 11) is 0. The van der Waals surface area contributed by atoms with Crippen LogP contribution < -0.4 is 10.9 Å². The maximum atomic E-state index is 12.4. The van der Waals surface area contributed by atoms with Crippen LogP contribution in [0.3, 0.4) is 0 Å². The molecular formula is C19H15N5O4. The maximum Gasteiger partial charge on any atom is 0.376 e. The summed E-state index contributed by atoms with van der Waals surface area (Å²) in [6.07, 6.45) is 3.44. The zero-order valence-corrected chi connectivity index (χ0v) is 14.6. The van der Waals surface area contributed by atoms with Crippen molar-refractivity contribution >= 4 is 17.2 Å². The summed E-state index contributed by atoms with van der Waals surface area (Å²) in [5, 5.41) is 14.2. The summed E-state index contributed by atoms with van der Waals surface area (Å²) in [6.45, 7) is 0.303. The van der Waals surface area contributed by atoms with E-state index in [9.17, 15) is 14.9 Å². The summed E-state index contributed by atoms with van der Waals surface area (Å²) in [4.78, 5) is 31.7. The molecule has 0 saturated carbocycles. The van der Waals surface area contributed by atoms with Crippen molar-refractivity contribution in [1.29, 1.82) is 0 Å². The van der Waals surface area contributed by atoms with E-state index in [1.807, 2.05) is 30.3 Å². The Morgan fingerprint density at radius 1 is 1.11 bits per heavy atom. The standard InChI is InChI=1S/C19H15N5O4/c25-19-16(24(26)27)17(22-15-8-4-5-11-23(15)19)20-10-9-14-12-28-18(21-14)13-6-2-1-3-7-13/h1-8,11-12,20H,9-10H2. The molecule has 1 aromatic carbocycles. The molecule has 3 heterocycles. The number of rotatable bonds is 6. The number of oxazole rings is 1. The molecule has 0 aliphatic heterocycles. The van der Waals surface area contributed by atoms with E-state index in [1.54, 1.807) is 24.5 Å². The van der Waals surface area contributed by atoms with Crippen molar-refractivity contribution in [3.63, 3.8) is 0 Å². The van der Waals surface area contributed by atoms with Crippen LogP contribution in [0.15, 0.2) is 70.2 Å². The van der Waals surface area contributed by atoms with Gasteiger partial charge < -0.3 is 9.73 Å². The minimum atomic E-state index is -0.731. The first kappa shape index (κ1) is 17.4. The van der Waals surface area contributed by atoms with Gasteiger partial charge in [0.1, 0.15) is 11.9 Å². The van der Waals surface area contributed by atoms with Crippen LogP contribution in [0, 0.1) is 10.1 Å². The second kappa shape index (κ2) is 7.31. The third-order valence-electron chi connectivity index (χ3n) is 4.14. The van der Waals surface area contributed by atoms with Crippen LogP contribution in [0.5, 0.6) is 0 Å². The summed E-state index contributed by atoms with van der Waals surface area (Å²) >= 11 is 0. The van der Waals surface area contributed by atoms with Crippen LogP contribution >= 0.6 is 0 Å². The maximum absolute atomic E-state index is 12.4. The molecule has 0 aliphatic carbocycles. The smallest absolute Gasteiger partial charge is 0.376 e. The predicted molar refractivity (Wildman–Crippen MR) is 102 cm³/mol. The highest BCUT2D eigenvalue weighted by atomic mass is 16.6. The van der Waals surface area contributed by atoms with E-state index in [-0.39, 0.29) is 5.82 Å². The Balaban J connectivity index is 1.53. The van der Waals surface area contributed by atoms with Crippen molar-refractivity contribution in [1.82, 2.24) is 14.4 Å². The largest absolute Gasteiger partial charge is 0.444 e. The molecule has 0 radical (unpaired) electrons. The molecule has 140 valence electrons. The molecule has 28 heavy (non-hydrogen) atoms. The number of fused-ring (bicyclic) bond motifs is 1. The minimum absolute atomic E-state index is 0.0621. The van der Waals surface area contributed by atoms with Gasteiger partial charge in [0, 0.05) is 24.7 Å². The highest BCUT2D eigenvalue weighted by Crippen LogP contribution is 2.20. The Kier molecular flexibility index (Phi) is 4.55. The number of hydrogen-bond donors (Lipinski definition) is 1. The van der Waals surface area contributed by atoms with Gasteiger partial charge in [0.05, 0.1) is 10.6 Å². The van der Waals surface area contributed by atoms with Crippen molar-refractivity contribution in [3.05, 3.63) is 87.2 Å². The van der Waals surface area contributed by atoms with Gasteiger partial charge in [0.2, 0.25) is 11.7 Å². The van der Waals surface area contributed by atoms with E-state index in [2.05, 4.69) is 15.3 Å². The lowest BCUT2D eigenvalue weighted by atomic mass is 10.2. The quantitative estimate of drug-likeness (QED) is 0.406. The molecule has 1 N–H and O–H groups in total. The topological polar surface area (TPSA) is 116 Å². The number of benzene rings is 1. The fraction of sp³-hybridized carbons (Fsp3) is 0.105. The van der Waals surface area contributed by atoms with Gasteiger partial charge in [0.25, 0.3) is 0 Å². The van der Waals surface area contributed by atoms with E-state index in [0.717, 1.165) is 9.96 Å². The summed E-state index contributed by atoms with van der Waals surface area (Å²) in [6, 6.07) is 14.4. The molecule has 0 aliphatic rings. The van der Waals surface area contributed by atoms with Crippen molar-refractivity contribution in [2.75, 3.05) is 11.9 Å². The Bertz CT molecular complexity index is 1200. The normalized spacial score (nSPS) is 10.9. The van der Waals surface area contributed by atoms with E-state index in [1.165, 1.54) is 6.20 Å². The fourth-order valence-corrected chi connectivity index (χ4v) is 2.81. The number of anilines is 1. The van der Waals surface area contributed by atoms with Crippen LogP contribution in [0.2, 0.25) is 0 Å². The van der Waals surface area contributed by atoms with E-state index in [0.29, 0.717) is 30.2 Å². The highest BCUT2D eigenvalue weighted by Gasteiger charge is 2.23. The SMILES string of the molecule is O=c1c([N+](=O)[O-])c(NCCc2coc(-c3ccccc3)n2)nc2ccccn12. The van der Waals surface area contributed by atoms with Gasteiger partial charge in [0.15, 0.2) is 0 Å². The first-order chi connectivity index (χ1) is 13.6. The fourth-order valence-electron chi connectivity index (χ4n) is 2.81. The first-order valence-corrected chi connectivity index (χ1v) is 8.53. The van der Waals surface area contributed by atoms with Gasteiger partial charge >= 0.3 is 11.2 Å². The molecule has 9 nitrogen and oxygen atoms in total. The molecule has 0 bridgehead atoms. The molecule has 9 heteroatoms. The van der Waals surface area contributed by atoms with Gasteiger partial charge in [-0.3, -0.25) is 19.3 Å². The second-order valence-corrected chi connectivity index (χ2v) is 5.99. The van der Waals surface area contributed by atoms with Crippen molar-refractivity contribution < 1.29 is 9.34 Å². The van der Waals surface area contributed by atoms with Crippen LogP contribution in [0.4, 0.5) is 11.5 Å². The lowest BCUT2D eigenvalue weighted by Crippen LogP contribution is -2.21. The van der Waals surface area contributed by atoms with Crippen molar-refractivity contribution in [3.8, 4) is 11.5 Å². The minimum Gasteiger partial charge on any atom is -0.444 e. The Morgan fingerprint density at radius 3 is 2.68 bits per heavy atom. The molecule has 4 rings (SSSR count). The molecule has 0 spiro atoms. The predicted octanol–water partition coefficient (Wildman–Crippen LogP) is 2.91. The Hall–Kier alpha value is -4.01. The second-order valence-electron chi connectivity index (χ2n) is 5.99. The number of nitrogens with zero attached hydrogens (tertiary/aromatic N) is 4. The molecule has 0 saturated heterocycles. The molecule has 3 aromatic heterocycles. The summed E-state index contributed by atoms with van der Waals surface area (Å²) in [5.74, 6) is 0.441. The first-order valence-electron chi connectivity index (χ1n) is 8.53. The number of nitro groups is 1. The van der Waals surface area contributed by atoms with Crippen LogP contribution in [0.1, 0.15) is 5.69 Å². The van der Waals surface area contributed by atoms with Crippen LogP contribution in [-0.4, -0.2) is 25.8 Å². The zero-order valence-electron chi connectivity index (χ0n) is 14.6. The number of nitrogens with one attached hydrogen (secondary N) is 1. The highest BCUT2D eigenvalue weighted by molar-refractivity contribution is 5.59. The van der Waals surface area contributed by atoms with Gasteiger partial charge in [-0.2, -0.15) is 0 Å². The molecule has 0 unspecified atom stereocenters. The van der Waals surface area contributed by atoms with Gasteiger partial charge in [-0.25, -0.2) is 9.97 Å². The summed E-state index contributed by atoms with van der Waals surface area (Å²) in [5.41, 5.74) is 0.557. The lowest BCUT2D eigenvalue weighted by molar-refractivity contribution is -0.385. The van der Waals surface area contributed by atoms with Crippen molar-refractivity contribution in [2.24, 2.45) is 0 Å². The van der Waals surface area contributed by atoms with Crippen LogP contribution in [-0.2, 0) is 6.42 Å². The molecule has 0 atom stereocenters. The number of aromatic nitrogens is 3. The molecule has 4 aromatic rings. The lowest BCUT2D eigenvalue weighted by Gasteiger charge is -2.07. The molecule has 0 amide bonds. The number of pyridine rings is 1. The van der Waals surface area contributed by atoms with Crippen LogP contribution in [0.25, 0.3) is 17.1 Å². The molecular weight excluding hydrogens is 362 g/mol. The molecule has 0 fully saturated rings. The third kappa shape index (κ3) is 3.32. The Labute approximate surface area is 158 Å². The average molecular weight is 377 g/mol. The van der Waals surface area contributed by atoms with E-state index >= 15 is 0 Å². The van der Waals surface area contributed by atoms with E-state index < -0.39 is 16.2 Å². The average Bonchev–Trinajstić information content (AvgIpc) is 3.17. The Morgan fingerprint density at radius 2 is 1.89 bits per heavy atom. The third-order valence-corrected chi connectivity index (χ3v) is 4.14. The monoisotopic (exact) mass is 377 g/mol. The van der Waals surface area contributed by atoms with Gasteiger partial charge in [-0.1, -0.05) is 24.3 Å². The van der Waals surface area contributed by atoms with Gasteiger partial charge in [-0.15, -0.1) is 0 Å². The summed E-state index contributed by atoms with van der Waals surface area (Å²) < 4.78 is 6.62.